The van der Waals surface area contributed by atoms with Gasteiger partial charge in [0.25, 0.3) is 5.91 Å². The van der Waals surface area contributed by atoms with Crippen LogP contribution in [0, 0.1) is 11.3 Å². The van der Waals surface area contributed by atoms with Gasteiger partial charge in [0.15, 0.2) is 0 Å². The molecule has 0 bridgehead atoms. The molecule has 1 amide bonds. The number of piperazine rings is 1. The van der Waals surface area contributed by atoms with Gasteiger partial charge in [-0.2, -0.15) is 5.26 Å². The summed E-state index contributed by atoms with van der Waals surface area (Å²) in [6, 6.07) is 18.1. The number of aromatic nitrogens is 1. The molecule has 41 heavy (non-hydrogen) atoms. The summed E-state index contributed by atoms with van der Waals surface area (Å²) in [7, 11) is 0. The summed E-state index contributed by atoms with van der Waals surface area (Å²) in [4.78, 5) is 24.6. The normalized spacial score (nSPS) is 20.0. The Labute approximate surface area is 258 Å². The lowest BCUT2D eigenvalue weighted by Gasteiger charge is -2.45. The number of carbonyl (C=O) groups is 1. The highest BCUT2D eigenvalue weighted by atomic mass is 35.5. The summed E-state index contributed by atoms with van der Waals surface area (Å²) in [6.07, 6.45) is 3.87. The average molecular weight is 614 g/mol. The minimum Gasteiger partial charge on any atom is -0.353 e. The van der Waals surface area contributed by atoms with Crippen LogP contribution in [0.25, 0.3) is 0 Å². The van der Waals surface area contributed by atoms with Gasteiger partial charge in [0.1, 0.15) is 5.82 Å². The van der Waals surface area contributed by atoms with Crippen LogP contribution in [-0.4, -0.2) is 65.5 Å². The fourth-order valence-corrected chi connectivity index (χ4v) is 6.31. The van der Waals surface area contributed by atoms with Crippen molar-refractivity contribution in [2.24, 2.45) is 0 Å². The van der Waals surface area contributed by atoms with E-state index in [9.17, 15) is 4.79 Å². The van der Waals surface area contributed by atoms with E-state index in [0.717, 1.165) is 63.5 Å². The average Bonchev–Trinajstić information content (AvgIpc) is 2.99. The molecule has 0 saturated carbocycles. The van der Waals surface area contributed by atoms with E-state index >= 15 is 0 Å². The Morgan fingerprint density at radius 2 is 1.73 bits per heavy atom. The van der Waals surface area contributed by atoms with Gasteiger partial charge in [-0.15, -0.1) is 0 Å². The maximum absolute atomic E-state index is 12.7. The lowest BCUT2D eigenvalue weighted by Crippen LogP contribution is -2.55. The largest absolute Gasteiger partial charge is 0.353 e. The van der Waals surface area contributed by atoms with Crippen molar-refractivity contribution in [2.45, 2.75) is 44.9 Å². The minimum atomic E-state index is -0.249. The Morgan fingerprint density at radius 1 is 1.00 bits per heavy atom. The van der Waals surface area contributed by atoms with Crippen molar-refractivity contribution in [3.8, 4) is 6.07 Å². The predicted octanol–water partition coefficient (Wildman–Crippen LogP) is 6.26. The molecule has 3 aromatic rings. The number of piperidine rings is 1. The van der Waals surface area contributed by atoms with Crippen molar-refractivity contribution in [3.63, 3.8) is 0 Å². The first-order valence-corrected chi connectivity index (χ1v) is 15.0. The van der Waals surface area contributed by atoms with Gasteiger partial charge in [0.05, 0.1) is 32.3 Å². The first kappa shape index (κ1) is 29.6. The molecular formula is C31H35Cl3N6O. The molecule has 5 rings (SSSR count). The molecule has 1 N–H and O–H groups in total. The molecular weight excluding hydrogens is 579 g/mol. The number of carbonyl (C=O) groups excluding carboxylic acids is 1. The summed E-state index contributed by atoms with van der Waals surface area (Å²) < 4.78 is 0. The first-order valence-electron chi connectivity index (χ1n) is 13.9. The number of anilines is 1. The zero-order valence-electron chi connectivity index (χ0n) is 23.0. The highest BCUT2D eigenvalue weighted by Crippen LogP contribution is 2.29. The number of nitrogens with zero attached hydrogens (tertiary/aromatic N) is 5. The van der Waals surface area contributed by atoms with Crippen LogP contribution >= 0.6 is 34.8 Å². The molecule has 216 valence electrons. The van der Waals surface area contributed by atoms with Crippen LogP contribution in [0.3, 0.4) is 0 Å². The smallest absolute Gasteiger partial charge is 0.253 e. The van der Waals surface area contributed by atoms with Crippen molar-refractivity contribution in [2.75, 3.05) is 37.6 Å². The molecule has 2 unspecified atom stereocenters. The molecule has 2 aromatic carbocycles. The van der Waals surface area contributed by atoms with Gasteiger partial charge in [-0.3, -0.25) is 14.6 Å². The quantitative estimate of drug-likeness (QED) is 0.339. The van der Waals surface area contributed by atoms with Crippen LogP contribution in [0.1, 0.15) is 48.2 Å². The molecule has 2 aliphatic heterocycles. The number of benzene rings is 2. The van der Waals surface area contributed by atoms with E-state index in [1.807, 2.05) is 18.2 Å². The Bertz CT molecular complexity index is 1430. The molecule has 0 radical (unpaired) electrons. The van der Waals surface area contributed by atoms with E-state index in [1.54, 1.807) is 24.4 Å². The number of nitrogens with one attached hydrogen (secondary N) is 1. The summed E-state index contributed by atoms with van der Waals surface area (Å²) in [5, 5.41) is 13.3. The van der Waals surface area contributed by atoms with Gasteiger partial charge in [-0.25, -0.2) is 4.98 Å². The molecule has 7 nitrogen and oxygen atoms in total. The third kappa shape index (κ3) is 7.32. The first-order chi connectivity index (χ1) is 19.8. The molecule has 2 saturated heterocycles. The monoisotopic (exact) mass is 612 g/mol. The van der Waals surface area contributed by atoms with Crippen LogP contribution in [0.4, 0.5) is 5.82 Å². The number of hydrogen-bond donors (Lipinski definition) is 1. The number of rotatable bonds is 7. The summed E-state index contributed by atoms with van der Waals surface area (Å²) >= 11 is 18.7. The van der Waals surface area contributed by atoms with Crippen LogP contribution in [0.5, 0.6) is 0 Å². The summed E-state index contributed by atoms with van der Waals surface area (Å²) in [5.74, 6) is 0.472. The SMILES string of the molecule is CC1CC(N2CCN(c3ncc(C(=O)NCc4ccc(Cl)c(Cl)c4)cc3Cl)CC2)CCN1Cc1ccc(C#N)cc1.[HH]. The Morgan fingerprint density at radius 3 is 2.39 bits per heavy atom. The van der Waals surface area contributed by atoms with Crippen LogP contribution in [0.15, 0.2) is 54.7 Å². The van der Waals surface area contributed by atoms with Crippen molar-refractivity contribution >= 4 is 46.5 Å². The summed E-state index contributed by atoms with van der Waals surface area (Å²) in [6.45, 7) is 8.22. The zero-order valence-corrected chi connectivity index (χ0v) is 25.3. The predicted molar refractivity (Wildman–Crippen MR) is 167 cm³/mol. The Hall–Kier alpha value is -2.86. The van der Waals surface area contributed by atoms with Crippen molar-refractivity contribution in [3.05, 3.63) is 92.0 Å². The van der Waals surface area contributed by atoms with E-state index in [0.29, 0.717) is 44.8 Å². The number of likely N-dealkylation sites (tertiary alicyclic amines) is 1. The molecule has 0 aliphatic carbocycles. The molecule has 0 spiro atoms. The number of pyridine rings is 1. The van der Waals surface area contributed by atoms with E-state index in [1.165, 1.54) is 5.56 Å². The van der Waals surface area contributed by atoms with Crippen molar-refractivity contribution < 1.29 is 6.22 Å². The highest BCUT2D eigenvalue weighted by molar-refractivity contribution is 6.42. The van der Waals surface area contributed by atoms with E-state index in [4.69, 9.17) is 40.1 Å². The van der Waals surface area contributed by atoms with Crippen LogP contribution in [0.2, 0.25) is 15.1 Å². The fourth-order valence-electron chi connectivity index (χ4n) is 5.70. The maximum atomic E-state index is 12.7. The van der Waals surface area contributed by atoms with Gasteiger partial charge in [-0.1, -0.05) is 53.0 Å². The molecule has 3 heterocycles. The second-order valence-corrected chi connectivity index (χ2v) is 12.0. The second kappa shape index (κ2) is 13.4. The molecule has 2 atom stereocenters. The van der Waals surface area contributed by atoms with Gasteiger partial charge < -0.3 is 10.2 Å². The highest BCUT2D eigenvalue weighted by Gasteiger charge is 2.31. The topological polar surface area (TPSA) is 75.5 Å². The second-order valence-electron chi connectivity index (χ2n) is 10.8. The van der Waals surface area contributed by atoms with Crippen molar-refractivity contribution in [1.29, 1.82) is 5.26 Å². The van der Waals surface area contributed by atoms with E-state index < -0.39 is 0 Å². The Kier molecular flexibility index (Phi) is 9.69. The van der Waals surface area contributed by atoms with Gasteiger partial charge in [0, 0.05) is 65.5 Å². The number of nitriles is 1. The van der Waals surface area contributed by atoms with E-state index in [2.05, 4.69) is 50.1 Å². The number of hydrogen-bond acceptors (Lipinski definition) is 6. The van der Waals surface area contributed by atoms with Gasteiger partial charge in [-0.05, 0) is 61.2 Å². The molecule has 2 fully saturated rings. The standard InChI is InChI=1S/C31H33Cl3N6O.H2/c1-21-14-26(8-9-40(21)20-23-4-2-22(17-35)3-5-23)38-10-12-39(13-11-38)30-29(34)16-25(19-36-30)31(41)37-18-24-6-7-27(32)28(33)15-24;/h2-7,15-16,19,21,26H,8-14,18,20H2,1H3,(H,37,41);1H. The van der Waals surface area contributed by atoms with Gasteiger partial charge >= 0.3 is 0 Å². The number of halogens is 3. The van der Waals surface area contributed by atoms with Crippen LogP contribution in [-0.2, 0) is 13.1 Å². The minimum absolute atomic E-state index is 0. The third-order valence-electron chi connectivity index (χ3n) is 8.11. The lowest BCUT2D eigenvalue weighted by molar-refractivity contribution is 0.0643. The molecule has 1 aromatic heterocycles. The Balaban J connectivity index is 0.00000405. The van der Waals surface area contributed by atoms with E-state index in [-0.39, 0.29) is 7.33 Å². The number of amides is 1. The van der Waals surface area contributed by atoms with Crippen LogP contribution < -0.4 is 10.2 Å². The maximum Gasteiger partial charge on any atom is 0.253 e. The lowest BCUT2D eigenvalue weighted by atomic mass is 9.95. The fraction of sp³-hybridized carbons (Fsp3) is 0.387. The summed E-state index contributed by atoms with van der Waals surface area (Å²) in [5.41, 5.74) is 3.23. The zero-order chi connectivity index (χ0) is 28.9. The van der Waals surface area contributed by atoms with Crippen molar-refractivity contribution in [1.82, 2.24) is 20.1 Å². The third-order valence-corrected chi connectivity index (χ3v) is 9.12. The molecule has 10 heteroatoms. The molecule has 2 aliphatic rings. The van der Waals surface area contributed by atoms with Gasteiger partial charge in [0.2, 0.25) is 0 Å².